The van der Waals surface area contributed by atoms with Crippen LogP contribution in [0.2, 0.25) is 0 Å². The maximum absolute atomic E-state index is 12.3. The first-order valence-corrected chi connectivity index (χ1v) is 7.62. The van der Waals surface area contributed by atoms with Crippen LogP contribution in [0.15, 0.2) is 41.4 Å². The second-order valence-electron chi connectivity index (χ2n) is 4.63. The quantitative estimate of drug-likeness (QED) is 0.859. The van der Waals surface area contributed by atoms with E-state index < -0.39 is 10.0 Å². The van der Waals surface area contributed by atoms with E-state index in [1.807, 2.05) is 0 Å². The van der Waals surface area contributed by atoms with E-state index in [0.717, 1.165) is 11.3 Å². The lowest BCUT2D eigenvalue weighted by molar-refractivity contribution is 0.0985. The lowest BCUT2D eigenvalue weighted by Crippen LogP contribution is -2.29. The summed E-state index contributed by atoms with van der Waals surface area (Å²) in [5, 5.41) is 5.11. The van der Waals surface area contributed by atoms with Gasteiger partial charge >= 0.3 is 0 Å². The number of primary sulfonamides is 1. The summed E-state index contributed by atoms with van der Waals surface area (Å²) in [6.45, 7) is 0.529. The first-order valence-electron chi connectivity index (χ1n) is 6.08. The summed E-state index contributed by atoms with van der Waals surface area (Å²) in [5.74, 6) is -0.128. The molecule has 1 amide bonds. The molecule has 0 bridgehead atoms. The number of carbonyl (C=O) groups is 1. The third kappa shape index (κ3) is 2.10. The topological polar surface area (TPSA) is 96.3 Å². The molecule has 1 aromatic carbocycles. The second kappa shape index (κ2) is 4.46. The van der Waals surface area contributed by atoms with E-state index in [1.165, 1.54) is 12.1 Å². The highest BCUT2D eigenvalue weighted by Crippen LogP contribution is 2.30. The number of amides is 1. The molecule has 20 heavy (non-hydrogen) atoms. The number of hydrogen-bond acceptors (Lipinski definition) is 3. The maximum Gasteiger partial charge on any atom is 0.274 e. The number of hydrogen-bond donors (Lipinski definition) is 2. The fraction of sp³-hybridized carbons (Fsp3) is 0.154. The number of H-pyrrole nitrogens is 1. The van der Waals surface area contributed by atoms with Crippen molar-refractivity contribution in [2.75, 3.05) is 11.4 Å². The molecule has 7 heteroatoms. The lowest BCUT2D eigenvalue weighted by atomic mass is 10.2. The molecule has 0 saturated heterocycles. The summed E-state index contributed by atoms with van der Waals surface area (Å²) in [4.78, 5) is 16.9. The first-order chi connectivity index (χ1) is 9.47. The smallest absolute Gasteiger partial charge is 0.274 e. The Morgan fingerprint density at radius 3 is 2.75 bits per heavy atom. The number of nitrogens with one attached hydrogen (secondary N) is 1. The Morgan fingerprint density at radius 2 is 2.10 bits per heavy atom. The van der Waals surface area contributed by atoms with Gasteiger partial charge in [-0.25, -0.2) is 13.6 Å². The van der Waals surface area contributed by atoms with E-state index >= 15 is 0 Å². The zero-order valence-corrected chi connectivity index (χ0v) is 11.4. The summed E-state index contributed by atoms with van der Waals surface area (Å²) >= 11 is 0. The van der Waals surface area contributed by atoms with Gasteiger partial charge in [-0.3, -0.25) is 4.79 Å². The Kier molecular flexibility index (Phi) is 2.88. The van der Waals surface area contributed by atoms with Crippen LogP contribution in [0.4, 0.5) is 5.69 Å². The van der Waals surface area contributed by atoms with Crippen LogP contribution in [0, 0.1) is 0 Å². The molecule has 0 radical (unpaired) electrons. The summed E-state index contributed by atoms with van der Waals surface area (Å²) in [7, 11) is -3.71. The molecule has 1 aliphatic heterocycles. The van der Waals surface area contributed by atoms with Gasteiger partial charge in [0.15, 0.2) is 0 Å². The largest absolute Gasteiger partial charge is 0.357 e. The first kappa shape index (κ1) is 12.9. The van der Waals surface area contributed by atoms with Gasteiger partial charge in [0.05, 0.1) is 4.90 Å². The molecule has 104 valence electrons. The van der Waals surface area contributed by atoms with Crippen LogP contribution in [-0.4, -0.2) is 25.9 Å². The summed E-state index contributed by atoms with van der Waals surface area (Å²) in [5.41, 5.74) is 2.06. The molecule has 0 spiro atoms. The molecule has 0 atom stereocenters. The number of sulfonamides is 1. The Balaban J connectivity index is 1.98. The van der Waals surface area contributed by atoms with Gasteiger partial charge in [0.1, 0.15) is 5.69 Å². The SMILES string of the molecule is NS(=O)(=O)c1ccc2c(c1)CCN2C(=O)c1ccc[nH]1. The third-order valence-corrected chi connectivity index (χ3v) is 4.26. The monoisotopic (exact) mass is 291 g/mol. The minimum atomic E-state index is -3.71. The van der Waals surface area contributed by atoms with E-state index in [1.54, 1.807) is 29.3 Å². The van der Waals surface area contributed by atoms with Gasteiger partial charge in [-0.15, -0.1) is 0 Å². The average Bonchev–Trinajstić information content (AvgIpc) is 3.06. The number of benzene rings is 1. The van der Waals surface area contributed by atoms with E-state index in [9.17, 15) is 13.2 Å². The number of nitrogens with zero attached hydrogens (tertiary/aromatic N) is 1. The van der Waals surface area contributed by atoms with Gasteiger partial charge in [0, 0.05) is 18.4 Å². The molecule has 1 aliphatic rings. The molecule has 3 N–H and O–H groups in total. The Labute approximate surface area is 116 Å². The van der Waals surface area contributed by atoms with Gasteiger partial charge in [-0.1, -0.05) is 0 Å². The van der Waals surface area contributed by atoms with Gasteiger partial charge in [0.25, 0.3) is 5.91 Å². The van der Waals surface area contributed by atoms with Crippen LogP contribution >= 0.6 is 0 Å². The zero-order chi connectivity index (χ0) is 14.3. The van der Waals surface area contributed by atoms with Crippen LogP contribution in [-0.2, 0) is 16.4 Å². The van der Waals surface area contributed by atoms with E-state index in [0.29, 0.717) is 18.7 Å². The van der Waals surface area contributed by atoms with Crippen LogP contribution in [0.5, 0.6) is 0 Å². The Hall–Kier alpha value is -2.12. The number of aromatic amines is 1. The van der Waals surface area contributed by atoms with Crippen LogP contribution in [0.3, 0.4) is 0 Å². The predicted octanol–water partition coefficient (Wildman–Crippen LogP) is 0.865. The molecule has 1 aromatic heterocycles. The second-order valence-corrected chi connectivity index (χ2v) is 6.19. The Bertz CT molecular complexity index is 766. The van der Waals surface area contributed by atoms with E-state index in [4.69, 9.17) is 5.14 Å². The van der Waals surface area contributed by atoms with Crippen molar-refractivity contribution < 1.29 is 13.2 Å². The van der Waals surface area contributed by atoms with Crippen molar-refractivity contribution in [3.05, 3.63) is 47.8 Å². The van der Waals surface area contributed by atoms with Crippen molar-refractivity contribution in [1.29, 1.82) is 0 Å². The fourth-order valence-electron chi connectivity index (χ4n) is 2.37. The number of rotatable bonds is 2. The highest BCUT2D eigenvalue weighted by molar-refractivity contribution is 7.89. The standard InChI is InChI=1S/C13H13N3O3S/c14-20(18,19)10-3-4-12-9(8-10)5-7-16(12)13(17)11-2-1-6-15-11/h1-4,6,8,15H,5,7H2,(H2,14,18,19). The summed E-state index contributed by atoms with van der Waals surface area (Å²) < 4.78 is 22.7. The fourth-order valence-corrected chi connectivity index (χ4v) is 2.94. The average molecular weight is 291 g/mol. The van der Waals surface area contributed by atoms with Crippen molar-refractivity contribution in [3.8, 4) is 0 Å². The molecule has 0 saturated carbocycles. The number of anilines is 1. The molecule has 2 aromatic rings. The number of carbonyl (C=O) groups excluding carboxylic acids is 1. The molecule has 2 heterocycles. The Morgan fingerprint density at radius 1 is 1.30 bits per heavy atom. The summed E-state index contributed by atoms with van der Waals surface area (Å²) in [6, 6.07) is 8.05. The van der Waals surface area contributed by atoms with Gasteiger partial charge in [0.2, 0.25) is 10.0 Å². The van der Waals surface area contributed by atoms with Crippen LogP contribution in [0.25, 0.3) is 0 Å². The highest BCUT2D eigenvalue weighted by Gasteiger charge is 2.27. The van der Waals surface area contributed by atoms with Crippen molar-refractivity contribution in [2.45, 2.75) is 11.3 Å². The number of nitrogens with two attached hydrogens (primary N) is 1. The molecular weight excluding hydrogens is 278 g/mol. The van der Waals surface area contributed by atoms with Crippen molar-refractivity contribution in [3.63, 3.8) is 0 Å². The molecule has 0 fully saturated rings. The lowest BCUT2D eigenvalue weighted by Gasteiger charge is -2.16. The van der Waals surface area contributed by atoms with Crippen molar-refractivity contribution in [2.24, 2.45) is 5.14 Å². The maximum atomic E-state index is 12.3. The van der Waals surface area contributed by atoms with Crippen LogP contribution < -0.4 is 10.0 Å². The predicted molar refractivity (Wildman–Crippen MR) is 74.0 cm³/mol. The summed E-state index contributed by atoms with van der Waals surface area (Å²) in [6.07, 6.45) is 2.31. The van der Waals surface area contributed by atoms with E-state index in [2.05, 4.69) is 4.98 Å². The zero-order valence-electron chi connectivity index (χ0n) is 10.5. The highest BCUT2D eigenvalue weighted by atomic mass is 32.2. The molecule has 0 unspecified atom stereocenters. The number of aromatic nitrogens is 1. The molecular formula is C13H13N3O3S. The van der Waals surface area contributed by atoms with E-state index in [-0.39, 0.29) is 10.8 Å². The minimum Gasteiger partial charge on any atom is -0.357 e. The van der Waals surface area contributed by atoms with Crippen molar-refractivity contribution >= 4 is 21.6 Å². The third-order valence-electron chi connectivity index (χ3n) is 3.35. The molecule has 0 aliphatic carbocycles. The van der Waals surface area contributed by atoms with Crippen LogP contribution in [0.1, 0.15) is 16.1 Å². The van der Waals surface area contributed by atoms with Gasteiger partial charge < -0.3 is 9.88 Å². The van der Waals surface area contributed by atoms with Crippen molar-refractivity contribution in [1.82, 2.24) is 4.98 Å². The minimum absolute atomic E-state index is 0.0745. The van der Waals surface area contributed by atoms with Gasteiger partial charge in [-0.2, -0.15) is 0 Å². The molecule has 3 rings (SSSR count). The van der Waals surface area contributed by atoms with Gasteiger partial charge in [-0.05, 0) is 42.3 Å². The normalized spacial score (nSPS) is 14.3. The molecule has 6 nitrogen and oxygen atoms in total. The number of fused-ring (bicyclic) bond motifs is 1.